The number of anilines is 2. The van der Waals surface area contributed by atoms with Crippen molar-refractivity contribution in [2.45, 2.75) is 12.4 Å². The molecule has 4 rings (SSSR count). The highest BCUT2D eigenvalue weighted by atomic mass is 19.4. The standard InChI is InChI=1S/C15H12F3NO2.C14H10F3NO2/c1-21-10-5-2-4-9(8-10)14(20)11-6-3-7-12(13(11)19)15(16,17)18;15-14(16,17)11-6-2-5-10(12(11)18)13(20)8-3-1-4-9(19)7-8/h2-8H,19H2,1H3;1-7,19H,18H2. The molecule has 0 aliphatic heterocycles. The van der Waals surface area contributed by atoms with Crippen molar-refractivity contribution in [3.63, 3.8) is 0 Å². The average molecular weight is 576 g/mol. The maximum Gasteiger partial charge on any atom is 0.418 e. The van der Waals surface area contributed by atoms with Crippen molar-refractivity contribution in [3.05, 3.63) is 118 Å². The molecule has 0 aliphatic rings. The Morgan fingerprint density at radius 2 is 1.07 bits per heavy atom. The van der Waals surface area contributed by atoms with Crippen molar-refractivity contribution in [2.24, 2.45) is 0 Å². The molecule has 0 bridgehead atoms. The summed E-state index contributed by atoms with van der Waals surface area (Å²) in [5, 5.41) is 9.30. The summed E-state index contributed by atoms with van der Waals surface area (Å²) in [5.41, 5.74) is 7.54. The molecule has 0 unspecified atom stereocenters. The molecule has 4 aromatic rings. The van der Waals surface area contributed by atoms with Crippen molar-refractivity contribution in [3.8, 4) is 11.5 Å². The number of phenolic OH excluding ortho intramolecular Hbond substituents is 1. The molecule has 41 heavy (non-hydrogen) atoms. The van der Waals surface area contributed by atoms with E-state index in [0.29, 0.717) is 5.75 Å². The van der Waals surface area contributed by atoms with Gasteiger partial charge in [-0.25, -0.2) is 0 Å². The van der Waals surface area contributed by atoms with Gasteiger partial charge in [0, 0.05) is 22.3 Å². The van der Waals surface area contributed by atoms with Crippen LogP contribution in [0.25, 0.3) is 0 Å². The molecule has 0 atom stereocenters. The van der Waals surface area contributed by atoms with Crippen LogP contribution in [-0.2, 0) is 12.4 Å². The maximum atomic E-state index is 12.8. The van der Waals surface area contributed by atoms with E-state index in [1.165, 1.54) is 55.6 Å². The first-order chi connectivity index (χ1) is 19.1. The molecule has 0 saturated heterocycles. The van der Waals surface area contributed by atoms with Crippen LogP contribution in [0, 0.1) is 0 Å². The fourth-order valence-corrected chi connectivity index (χ4v) is 3.74. The smallest absolute Gasteiger partial charge is 0.418 e. The molecule has 214 valence electrons. The Bertz CT molecular complexity index is 1580. The molecule has 0 heterocycles. The molecule has 5 N–H and O–H groups in total. The number of nitrogen functional groups attached to an aromatic ring is 2. The number of hydrogen-bond acceptors (Lipinski definition) is 6. The number of nitrogens with two attached hydrogens (primary N) is 2. The molecule has 4 aromatic carbocycles. The number of carbonyl (C=O) groups excluding carboxylic acids is 2. The lowest BCUT2D eigenvalue weighted by Crippen LogP contribution is -2.13. The number of carbonyl (C=O) groups is 2. The van der Waals surface area contributed by atoms with Crippen LogP contribution >= 0.6 is 0 Å². The minimum Gasteiger partial charge on any atom is -0.508 e. The van der Waals surface area contributed by atoms with Gasteiger partial charge in [0.2, 0.25) is 0 Å². The number of hydrogen-bond donors (Lipinski definition) is 3. The average Bonchev–Trinajstić information content (AvgIpc) is 2.91. The molecule has 0 fully saturated rings. The van der Waals surface area contributed by atoms with Gasteiger partial charge in [-0.05, 0) is 48.5 Å². The Labute approximate surface area is 229 Å². The summed E-state index contributed by atoms with van der Waals surface area (Å²) in [5.74, 6) is -0.977. The highest BCUT2D eigenvalue weighted by Crippen LogP contribution is 2.37. The zero-order valence-corrected chi connectivity index (χ0v) is 21.2. The fraction of sp³-hybridized carbons (Fsp3) is 0.103. The zero-order chi connectivity index (χ0) is 30.5. The minimum atomic E-state index is -4.63. The van der Waals surface area contributed by atoms with Crippen LogP contribution in [0.5, 0.6) is 11.5 Å². The minimum absolute atomic E-state index is 0.0658. The third kappa shape index (κ3) is 7.15. The van der Waals surface area contributed by atoms with Gasteiger partial charge in [-0.15, -0.1) is 0 Å². The number of rotatable bonds is 5. The Balaban J connectivity index is 0.000000226. The van der Waals surface area contributed by atoms with E-state index in [0.717, 1.165) is 24.3 Å². The lowest BCUT2D eigenvalue weighted by Gasteiger charge is -2.13. The molecule has 0 spiro atoms. The predicted octanol–water partition coefficient (Wildman–Crippen LogP) is 6.75. The number of methoxy groups -OCH3 is 1. The van der Waals surface area contributed by atoms with E-state index in [4.69, 9.17) is 16.2 Å². The van der Waals surface area contributed by atoms with Crippen molar-refractivity contribution >= 4 is 22.9 Å². The first kappa shape index (κ1) is 30.5. The first-order valence-electron chi connectivity index (χ1n) is 11.6. The van der Waals surface area contributed by atoms with Gasteiger partial charge in [0.1, 0.15) is 11.5 Å². The molecule has 0 aromatic heterocycles. The highest BCUT2D eigenvalue weighted by molar-refractivity contribution is 6.13. The van der Waals surface area contributed by atoms with Crippen LogP contribution in [0.4, 0.5) is 37.7 Å². The Kier molecular flexibility index (Phi) is 8.96. The van der Waals surface area contributed by atoms with Gasteiger partial charge in [-0.1, -0.05) is 36.4 Å². The fourth-order valence-electron chi connectivity index (χ4n) is 3.74. The van der Waals surface area contributed by atoms with Gasteiger partial charge >= 0.3 is 12.4 Å². The normalized spacial score (nSPS) is 11.3. The van der Waals surface area contributed by atoms with E-state index < -0.39 is 46.4 Å². The number of alkyl halides is 6. The van der Waals surface area contributed by atoms with Gasteiger partial charge in [0.15, 0.2) is 11.6 Å². The van der Waals surface area contributed by atoms with Crippen molar-refractivity contribution in [1.82, 2.24) is 0 Å². The molecule has 0 radical (unpaired) electrons. The predicted molar refractivity (Wildman–Crippen MR) is 140 cm³/mol. The van der Waals surface area contributed by atoms with E-state index in [1.807, 2.05) is 0 Å². The Morgan fingerprint density at radius 1 is 0.659 bits per heavy atom. The van der Waals surface area contributed by atoms with Crippen LogP contribution in [0.1, 0.15) is 43.0 Å². The van der Waals surface area contributed by atoms with E-state index in [-0.39, 0.29) is 28.0 Å². The summed E-state index contributed by atoms with van der Waals surface area (Å²) in [6, 6.07) is 17.9. The summed E-state index contributed by atoms with van der Waals surface area (Å²) in [7, 11) is 1.43. The number of phenols is 1. The van der Waals surface area contributed by atoms with Crippen molar-refractivity contribution < 1.29 is 45.8 Å². The summed E-state index contributed by atoms with van der Waals surface area (Å²) in [4.78, 5) is 24.5. The number of ketones is 2. The molecule has 0 amide bonds. The van der Waals surface area contributed by atoms with E-state index >= 15 is 0 Å². The van der Waals surface area contributed by atoms with Crippen LogP contribution in [-0.4, -0.2) is 23.8 Å². The second-order valence-electron chi connectivity index (χ2n) is 8.47. The summed E-state index contributed by atoms with van der Waals surface area (Å²) >= 11 is 0. The zero-order valence-electron chi connectivity index (χ0n) is 21.2. The van der Waals surface area contributed by atoms with E-state index in [9.17, 15) is 41.0 Å². The molecule has 0 aliphatic carbocycles. The van der Waals surface area contributed by atoms with Gasteiger partial charge in [0.25, 0.3) is 0 Å². The Morgan fingerprint density at radius 3 is 1.49 bits per heavy atom. The third-order valence-electron chi connectivity index (χ3n) is 5.75. The molecule has 12 heteroatoms. The van der Waals surface area contributed by atoms with Crippen LogP contribution < -0.4 is 16.2 Å². The summed E-state index contributed by atoms with van der Waals surface area (Å²) in [6.45, 7) is 0. The number of aromatic hydroxyl groups is 1. The first-order valence-corrected chi connectivity index (χ1v) is 11.6. The van der Waals surface area contributed by atoms with Crippen LogP contribution in [0.3, 0.4) is 0 Å². The lowest BCUT2D eigenvalue weighted by atomic mass is 9.98. The largest absolute Gasteiger partial charge is 0.508 e. The molecule has 6 nitrogen and oxygen atoms in total. The van der Waals surface area contributed by atoms with Gasteiger partial charge in [-0.2, -0.15) is 26.3 Å². The van der Waals surface area contributed by atoms with Crippen molar-refractivity contribution in [1.29, 1.82) is 0 Å². The molecule has 0 saturated carbocycles. The summed E-state index contributed by atoms with van der Waals surface area (Å²) in [6.07, 6.45) is -9.23. The number of ether oxygens (including phenoxy) is 1. The maximum absolute atomic E-state index is 12.8. The van der Waals surface area contributed by atoms with Crippen LogP contribution in [0.15, 0.2) is 84.9 Å². The number of halogens is 6. The second kappa shape index (κ2) is 12.0. The monoisotopic (exact) mass is 576 g/mol. The van der Waals surface area contributed by atoms with Crippen LogP contribution in [0.2, 0.25) is 0 Å². The quantitative estimate of drug-likeness (QED) is 0.138. The Hall–Kier alpha value is -5.00. The number of para-hydroxylation sites is 2. The molecular formula is C29H22F6N2O4. The number of benzene rings is 4. The van der Waals surface area contributed by atoms with E-state index in [2.05, 4.69) is 0 Å². The molecular weight excluding hydrogens is 554 g/mol. The summed E-state index contributed by atoms with van der Waals surface area (Å²) < 4.78 is 81.6. The lowest BCUT2D eigenvalue weighted by molar-refractivity contribution is -0.137. The van der Waals surface area contributed by atoms with Gasteiger partial charge in [-0.3, -0.25) is 9.59 Å². The van der Waals surface area contributed by atoms with E-state index in [1.54, 1.807) is 12.1 Å². The highest BCUT2D eigenvalue weighted by Gasteiger charge is 2.35. The third-order valence-corrected chi connectivity index (χ3v) is 5.75. The van der Waals surface area contributed by atoms with Gasteiger partial charge in [0.05, 0.1) is 29.6 Å². The van der Waals surface area contributed by atoms with Crippen molar-refractivity contribution in [2.75, 3.05) is 18.6 Å². The van der Waals surface area contributed by atoms with Gasteiger partial charge < -0.3 is 21.3 Å². The second-order valence-corrected chi connectivity index (χ2v) is 8.47. The topological polar surface area (TPSA) is 116 Å². The SMILES string of the molecule is COc1cccc(C(=O)c2cccc(C(F)(F)F)c2N)c1.Nc1c(C(=O)c2cccc(O)c2)cccc1C(F)(F)F.